The largest absolute Gasteiger partial charge is 0.196 e. The van der Waals surface area contributed by atoms with E-state index in [9.17, 15) is 0 Å². The number of nitrogens with zero attached hydrogens (tertiary/aromatic N) is 2. The third kappa shape index (κ3) is 1.49. The molecule has 0 radical (unpaired) electrons. The van der Waals surface area contributed by atoms with Crippen molar-refractivity contribution >= 4 is 11.5 Å². The van der Waals surface area contributed by atoms with Gasteiger partial charge < -0.3 is 0 Å². The van der Waals surface area contributed by atoms with E-state index in [1.54, 1.807) is 0 Å². The van der Waals surface area contributed by atoms with Crippen molar-refractivity contribution in [3.8, 4) is 6.07 Å². The molecule has 3 heteroatoms. The van der Waals surface area contributed by atoms with Crippen LogP contribution in [0.4, 0.5) is 0 Å². The summed E-state index contributed by atoms with van der Waals surface area (Å²) in [6.45, 7) is 8.17. The van der Waals surface area contributed by atoms with Gasteiger partial charge in [-0.1, -0.05) is 20.8 Å². The van der Waals surface area contributed by atoms with Crippen LogP contribution in [-0.4, -0.2) is 4.37 Å². The lowest BCUT2D eigenvalue weighted by molar-refractivity contribution is 0.602. The third-order valence-corrected chi connectivity index (χ3v) is 3.02. The lowest BCUT2D eigenvalue weighted by atomic mass is 9.91. The number of aryl methyl sites for hydroxylation is 1. The summed E-state index contributed by atoms with van der Waals surface area (Å²) in [6, 6.07) is 2.20. The number of rotatable bonds is 0. The van der Waals surface area contributed by atoms with Crippen molar-refractivity contribution < 1.29 is 0 Å². The number of aromatic nitrogens is 1. The van der Waals surface area contributed by atoms with Crippen LogP contribution >= 0.6 is 11.5 Å². The van der Waals surface area contributed by atoms with E-state index in [0.717, 1.165) is 16.1 Å². The highest BCUT2D eigenvalue weighted by atomic mass is 32.1. The first-order valence-corrected chi connectivity index (χ1v) is 4.61. The van der Waals surface area contributed by atoms with Crippen LogP contribution < -0.4 is 0 Å². The highest BCUT2D eigenvalue weighted by Crippen LogP contribution is 2.30. The van der Waals surface area contributed by atoms with Gasteiger partial charge in [0, 0.05) is 4.88 Å². The van der Waals surface area contributed by atoms with Crippen molar-refractivity contribution in [3.05, 3.63) is 16.1 Å². The lowest BCUT2D eigenvalue weighted by Crippen LogP contribution is -2.10. The van der Waals surface area contributed by atoms with Gasteiger partial charge in [0.25, 0.3) is 0 Å². The SMILES string of the molecule is Cc1nsc(C(C)(C)C)c1C#N. The van der Waals surface area contributed by atoms with E-state index >= 15 is 0 Å². The first-order chi connectivity index (χ1) is 5.46. The fourth-order valence-corrected chi connectivity index (χ4v) is 1.89. The minimum atomic E-state index is 0.0387. The quantitative estimate of drug-likeness (QED) is 0.615. The zero-order chi connectivity index (χ0) is 9.35. The van der Waals surface area contributed by atoms with Gasteiger partial charge >= 0.3 is 0 Å². The highest BCUT2D eigenvalue weighted by molar-refractivity contribution is 7.06. The van der Waals surface area contributed by atoms with E-state index in [2.05, 4.69) is 31.2 Å². The molecule has 0 amide bonds. The predicted molar refractivity (Wildman–Crippen MR) is 50.3 cm³/mol. The van der Waals surface area contributed by atoms with Gasteiger partial charge in [-0.15, -0.1) is 0 Å². The fraction of sp³-hybridized carbons (Fsp3) is 0.556. The van der Waals surface area contributed by atoms with Crippen LogP contribution in [0.1, 0.15) is 36.9 Å². The van der Waals surface area contributed by atoms with Crippen molar-refractivity contribution in [1.82, 2.24) is 4.37 Å². The van der Waals surface area contributed by atoms with Gasteiger partial charge in [-0.05, 0) is 23.9 Å². The maximum atomic E-state index is 8.87. The van der Waals surface area contributed by atoms with Crippen LogP contribution in [0.5, 0.6) is 0 Å². The Labute approximate surface area is 77.0 Å². The van der Waals surface area contributed by atoms with Crippen molar-refractivity contribution in [2.24, 2.45) is 0 Å². The van der Waals surface area contributed by atoms with Crippen LogP contribution in [0.25, 0.3) is 0 Å². The van der Waals surface area contributed by atoms with Crippen LogP contribution in [-0.2, 0) is 5.41 Å². The smallest absolute Gasteiger partial charge is 0.102 e. The Morgan fingerprint density at radius 2 is 2.00 bits per heavy atom. The molecule has 0 aromatic carbocycles. The van der Waals surface area contributed by atoms with Crippen molar-refractivity contribution in [1.29, 1.82) is 5.26 Å². The Balaban J connectivity index is 3.28. The summed E-state index contributed by atoms with van der Waals surface area (Å²) in [5.41, 5.74) is 1.65. The average Bonchev–Trinajstić information content (AvgIpc) is 2.29. The van der Waals surface area contributed by atoms with Crippen LogP contribution in [0.3, 0.4) is 0 Å². The molecule has 1 rings (SSSR count). The Morgan fingerprint density at radius 3 is 2.33 bits per heavy atom. The molecule has 1 aromatic rings. The first kappa shape index (κ1) is 9.21. The third-order valence-electron chi connectivity index (χ3n) is 1.66. The minimum Gasteiger partial charge on any atom is -0.196 e. The van der Waals surface area contributed by atoms with E-state index in [1.807, 2.05) is 6.92 Å². The number of nitriles is 1. The fourth-order valence-electron chi connectivity index (χ4n) is 1.01. The molecule has 0 bridgehead atoms. The van der Waals surface area contributed by atoms with Gasteiger partial charge in [0.1, 0.15) is 6.07 Å². The second kappa shape index (κ2) is 2.87. The van der Waals surface area contributed by atoms with Gasteiger partial charge in [-0.25, -0.2) is 0 Å². The van der Waals surface area contributed by atoms with E-state index < -0.39 is 0 Å². The summed E-state index contributed by atoms with van der Waals surface area (Å²) in [7, 11) is 0. The second-order valence-electron chi connectivity index (χ2n) is 3.83. The van der Waals surface area contributed by atoms with Crippen LogP contribution in [0, 0.1) is 18.3 Å². The molecule has 0 aliphatic rings. The Bertz CT molecular complexity index is 325. The molecule has 12 heavy (non-hydrogen) atoms. The summed E-state index contributed by atoms with van der Waals surface area (Å²) in [6.07, 6.45) is 0. The van der Waals surface area contributed by atoms with Crippen LogP contribution in [0.15, 0.2) is 0 Å². The maximum absolute atomic E-state index is 8.87. The summed E-state index contributed by atoms with van der Waals surface area (Å²) in [5, 5.41) is 8.87. The highest BCUT2D eigenvalue weighted by Gasteiger charge is 2.22. The molecule has 1 heterocycles. The summed E-state index contributed by atoms with van der Waals surface area (Å²) in [4.78, 5) is 1.09. The van der Waals surface area contributed by atoms with Gasteiger partial charge in [0.15, 0.2) is 0 Å². The second-order valence-corrected chi connectivity index (χ2v) is 4.61. The van der Waals surface area contributed by atoms with E-state index in [0.29, 0.717) is 0 Å². The number of hydrogen-bond donors (Lipinski definition) is 0. The molecule has 0 saturated heterocycles. The molecule has 0 spiro atoms. The lowest BCUT2D eigenvalue weighted by Gasteiger charge is -2.15. The Kier molecular flexibility index (Phi) is 2.20. The molecule has 0 atom stereocenters. The molecule has 0 N–H and O–H groups in total. The molecule has 0 fully saturated rings. The molecule has 0 aliphatic heterocycles. The topological polar surface area (TPSA) is 36.7 Å². The molecule has 64 valence electrons. The van der Waals surface area contributed by atoms with Gasteiger partial charge in [-0.2, -0.15) is 9.64 Å². The molecule has 0 saturated carbocycles. The summed E-state index contributed by atoms with van der Waals surface area (Å²) >= 11 is 1.44. The molecule has 0 aliphatic carbocycles. The first-order valence-electron chi connectivity index (χ1n) is 3.83. The van der Waals surface area contributed by atoms with Gasteiger partial charge in [0.05, 0.1) is 11.3 Å². The van der Waals surface area contributed by atoms with Crippen molar-refractivity contribution in [2.75, 3.05) is 0 Å². The van der Waals surface area contributed by atoms with Crippen molar-refractivity contribution in [2.45, 2.75) is 33.1 Å². The zero-order valence-electron chi connectivity index (χ0n) is 7.80. The molecule has 1 aromatic heterocycles. The average molecular weight is 180 g/mol. The molecule has 0 unspecified atom stereocenters. The standard InChI is InChI=1S/C9H12N2S/c1-6-7(5-10)8(12-11-6)9(2,3)4/h1-4H3. The predicted octanol–water partition coefficient (Wildman–Crippen LogP) is 2.62. The summed E-state index contributed by atoms with van der Waals surface area (Å²) < 4.78 is 4.17. The molecular weight excluding hydrogens is 168 g/mol. The van der Waals surface area contributed by atoms with E-state index in [-0.39, 0.29) is 5.41 Å². The molecular formula is C9H12N2S. The van der Waals surface area contributed by atoms with Gasteiger partial charge in [0.2, 0.25) is 0 Å². The van der Waals surface area contributed by atoms with Crippen LogP contribution in [0.2, 0.25) is 0 Å². The summed E-state index contributed by atoms with van der Waals surface area (Å²) in [5.74, 6) is 0. The van der Waals surface area contributed by atoms with E-state index in [1.165, 1.54) is 11.5 Å². The Morgan fingerprint density at radius 1 is 1.42 bits per heavy atom. The minimum absolute atomic E-state index is 0.0387. The monoisotopic (exact) mass is 180 g/mol. The van der Waals surface area contributed by atoms with E-state index in [4.69, 9.17) is 5.26 Å². The Hall–Kier alpha value is -0.880. The maximum Gasteiger partial charge on any atom is 0.102 e. The van der Waals surface area contributed by atoms with Crippen molar-refractivity contribution in [3.63, 3.8) is 0 Å². The van der Waals surface area contributed by atoms with Gasteiger partial charge in [-0.3, -0.25) is 0 Å². The zero-order valence-corrected chi connectivity index (χ0v) is 8.62. The number of hydrogen-bond acceptors (Lipinski definition) is 3. The normalized spacial score (nSPS) is 11.2. The molecule has 2 nitrogen and oxygen atoms in total.